The highest BCUT2D eigenvalue weighted by Gasteiger charge is 2.17. The van der Waals surface area contributed by atoms with Gasteiger partial charge in [-0.3, -0.25) is 4.79 Å². The van der Waals surface area contributed by atoms with Crippen LogP contribution < -0.4 is 11.1 Å². The van der Waals surface area contributed by atoms with E-state index in [-0.39, 0.29) is 11.7 Å². The molecule has 94 valence electrons. The van der Waals surface area contributed by atoms with Crippen LogP contribution in [0.15, 0.2) is 28.7 Å². The molecule has 1 heterocycles. The lowest BCUT2D eigenvalue weighted by Crippen LogP contribution is -2.17. The first-order valence-corrected chi connectivity index (χ1v) is 6.14. The Morgan fingerprint density at radius 2 is 2.22 bits per heavy atom. The smallest absolute Gasteiger partial charge is 0.276 e. The van der Waals surface area contributed by atoms with Gasteiger partial charge >= 0.3 is 0 Å². The molecular weight excluding hydrogens is 296 g/mol. The van der Waals surface area contributed by atoms with Gasteiger partial charge in [-0.25, -0.2) is 4.98 Å². The fourth-order valence-corrected chi connectivity index (χ4v) is 2.06. The quantitative estimate of drug-likeness (QED) is 0.894. The number of amides is 1. The Balaban J connectivity index is 2.27. The van der Waals surface area contributed by atoms with Gasteiger partial charge in [0.05, 0.1) is 0 Å². The van der Waals surface area contributed by atoms with Gasteiger partial charge in [0.15, 0.2) is 11.5 Å². The summed E-state index contributed by atoms with van der Waals surface area (Å²) in [5.74, 6) is 0.670. The highest BCUT2D eigenvalue weighted by atomic mass is 79.9. The molecule has 1 amide bonds. The van der Waals surface area contributed by atoms with Crippen molar-refractivity contribution in [2.45, 2.75) is 6.92 Å². The maximum Gasteiger partial charge on any atom is 0.276 e. The molecule has 0 radical (unpaired) electrons. The van der Waals surface area contributed by atoms with Crippen molar-refractivity contribution < 1.29 is 4.79 Å². The maximum atomic E-state index is 12.1. The van der Waals surface area contributed by atoms with E-state index in [0.717, 1.165) is 4.47 Å². The van der Waals surface area contributed by atoms with Crippen molar-refractivity contribution in [2.24, 2.45) is 7.05 Å². The van der Waals surface area contributed by atoms with E-state index in [4.69, 9.17) is 5.73 Å². The number of benzene rings is 1. The van der Waals surface area contributed by atoms with Gasteiger partial charge in [-0.1, -0.05) is 22.0 Å². The van der Waals surface area contributed by atoms with Crippen molar-refractivity contribution in [1.82, 2.24) is 9.55 Å². The number of nitrogens with one attached hydrogen (secondary N) is 1. The van der Waals surface area contributed by atoms with Gasteiger partial charge in [0.25, 0.3) is 5.91 Å². The summed E-state index contributed by atoms with van der Waals surface area (Å²) in [4.78, 5) is 16.2. The second kappa shape index (κ2) is 4.81. The Morgan fingerprint density at radius 1 is 1.50 bits per heavy atom. The standard InChI is InChI=1S/C12H13BrN4O/c1-7-15-11(14)10(17(7)2)12(18)16-9-5-3-4-8(13)6-9/h3-6H,14H2,1-2H3,(H,16,18). The molecular formula is C12H13BrN4O. The van der Waals surface area contributed by atoms with Crippen molar-refractivity contribution >= 4 is 33.3 Å². The number of nitrogens with zero attached hydrogens (tertiary/aromatic N) is 2. The number of carbonyl (C=O) groups excluding carboxylic acids is 1. The molecule has 1 aromatic heterocycles. The van der Waals surface area contributed by atoms with Crippen LogP contribution in [0.5, 0.6) is 0 Å². The van der Waals surface area contributed by atoms with E-state index >= 15 is 0 Å². The Bertz CT molecular complexity index is 606. The van der Waals surface area contributed by atoms with Gasteiger partial charge in [0, 0.05) is 17.2 Å². The number of aryl methyl sites for hydroxylation is 1. The predicted molar refractivity (Wildman–Crippen MR) is 74.5 cm³/mol. The highest BCUT2D eigenvalue weighted by Crippen LogP contribution is 2.18. The normalized spacial score (nSPS) is 10.4. The number of imidazole rings is 1. The molecule has 2 aromatic rings. The molecule has 0 saturated heterocycles. The third-order valence-corrected chi connectivity index (χ3v) is 3.14. The zero-order chi connectivity index (χ0) is 13.3. The molecule has 0 atom stereocenters. The Hall–Kier alpha value is -1.82. The lowest BCUT2D eigenvalue weighted by atomic mass is 10.3. The number of rotatable bonds is 2. The van der Waals surface area contributed by atoms with Crippen molar-refractivity contribution in [1.29, 1.82) is 0 Å². The molecule has 0 fully saturated rings. The van der Waals surface area contributed by atoms with E-state index in [0.29, 0.717) is 17.2 Å². The van der Waals surface area contributed by atoms with Gasteiger partial charge in [-0.05, 0) is 25.1 Å². The third-order valence-electron chi connectivity index (χ3n) is 2.64. The summed E-state index contributed by atoms with van der Waals surface area (Å²) in [5, 5.41) is 2.78. The number of nitrogen functional groups attached to an aromatic ring is 1. The molecule has 6 heteroatoms. The average molecular weight is 309 g/mol. The van der Waals surface area contributed by atoms with Crippen LogP contribution in [-0.4, -0.2) is 15.5 Å². The topological polar surface area (TPSA) is 72.9 Å². The summed E-state index contributed by atoms with van der Waals surface area (Å²) in [7, 11) is 1.76. The van der Waals surface area contributed by atoms with Crippen molar-refractivity contribution in [2.75, 3.05) is 11.1 Å². The zero-order valence-electron chi connectivity index (χ0n) is 10.1. The molecule has 2 rings (SSSR count). The second-order valence-corrected chi connectivity index (χ2v) is 4.83. The van der Waals surface area contributed by atoms with Crippen LogP contribution >= 0.6 is 15.9 Å². The number of carbonyl (C=O) groups is 1. The number of hydrogen-bond donors (Lipinski definition) is 2. The van der Waals surface area contributed by atoms with E-state index in [1.807, 2.05) is 24.3 Å². The number of hydrogen-bond acceptors (Lipinski definition) is 3. The summed E-state index contributed by atoms with van der Waals surface area (Å²) >= 11 is 3.35. The molecule has 18 heavy (non-hydrogen) atoms. The number of nitrogens with two attached hydrogens (primary N) is 1. The monoisotopic (exact) mass is 308 g/mol. The summed E-state index contributed by atoms with van der Waals surface area (Å²) < 4.78 is 2.57. The summed E-state index contributed by atoms with van der Waals surface area (Å²) in [6, 6.07) is 7.36. The number of aromatic nitrogens is 2. The first-order chi connectivity index (χ1) is 8.49. The first kappa shape index (κ1) is 12.6. The maximum absolute atomic E-state index is 12.1. The fraction of sp³-hybridized carbons (Fsp3) is 0.167. The van der Waals surface area contributed by atoms with Crippen LogP contribution in [0.1, 0.15) is 16.3 Å². The molecule has 0 unspecified atom stereocenters. The van der Waals surface area contributed by atoms with Gasteiger partial charge in [0.2, 0.25) is 0 Å². The van der Waals surface area contributed by atoms with E-state index < -0.39 is 0 Å². The minimum atomic E-state index is -0.270. The largest absolute Gasteiger partial charge is 0.382 e. The van der Waals surface area contributed by atoms with E-state index in [1.54, 1.807) is 18.5 Å². The minimum Gasteiger partial charge on any atom is -0.382 e. The Labute approximate surface area is 113 Å². The van der Waals surface area contributed by atoms with Crippen LogP contribution in [-0.2, 0) is 7.05 Å². The second-order valence-electron chi connectivity index (χ2n) is 3.92. The van der Waals surface area contributed by atoms with Crippen LogP contribution in [0.25, 0.3) is 0 Å². The van der Waals surface area contributed by atoms with E-state index in [2.05, 4.69) is 26.2 Å². The summed E-state index contributed by atoms with van der Waals surface area (Å²) in [6.07, 6.45) is 0. The molecule has 0 aliphatic rings. The molecule has 0 saturated carbocycles. The van der Waals surface area contributed by atoms with E-state index in [1.165, 1.54) is 0 Å². The molecule has 0 spiro atoms. The van der Waals surface area contributed by atoms with Gasteiger partial charge in [0.1, 0.15) is 5.82 Å². The van der Waals surface area contributed by atoms with Crippen LogP contribution in [0.4, 0.5) is 11.5 Å². The SMILES string of the molecule is Cc1nc(N)c(C(=O)Nc2cccc(Br)c2)n1C. The Morgan fingerprint density at radius 3 is 2.78 bits per heavy atom. The molecule has 0 aliphatic heterocycles. The van der Waals surface area contributed by atoms with E-state index in [9.17, 15) is 4.79 Å². The number of halogens is 1. The molecule has 5 nitrogen and oxygen atoms in total. The Kier molecular flexibility index (Phi) is 3.38. The summed E-state index contributed by atoms with van der Waals surface area (Å²) in [5.41, 5.74) is 6.79. The van der Waals surface area contributed by atoms with Gasteiger partial charge in [-0.2, -0.15) is 0 Å². The predicted octanol–water partition coefficient (Wildman–Crippen LogP) is 2.33. The lowest BCUT2D eigenvalue weighted by molar-refractivity contribution is 0.102. The fourth-order valence-electron chi connectivity index (χ4n) is 1.66. The van der Waals surface area contributed by atoms with Crippen LogP contribution in [0.3, 0.4) is 0 Å². The zero-order valence-corrected chi connectivity index (χ0v) is 11.7. The van der Waals surface area contributed by atoms with Crippen LogP contribution in [0, 0.1) is 6.92 Å². The summed E-state index contributed by atoms with van der Waals surface area (Å²) in [6.45, 7) is 1.80. The third kappa shape index (κ3) is 2.38. The average Bonchev–Trinajstić information content (AvgIpc) is 2.53. The number of anilines is 2. The lowest BCUT2D eigenvalue weighted by Gasteiger charge is -2.07. The molecule has 0 bridgehead atoms. The van der Waals surface area contributed by atoms with Crippen LogP contribution in [0.2, 0.25) is 0 Å². The van der Waals surface area contributed by atoms with Crippen molar-refractivity contribution in [3.63, 3.8) is 0 Å². The van der Waals surface area contributed by atoms with Gasteiger partial charge < -0.3 is 15.6 Å². The minimum absolute atomic E-state index is 0.238. The first-order valence-electron chi connectivity index (χ1n) is 5.34. The highest BCUT2D eigenvalue weighted by molar-refractivity contribution is 9.10. The molecule has 0 aliphatic carbocycles. The molecule has 1 aromatic carbocycles. The van der Waals surface area contributed by atoms with Crippen molar-refractivity contribution in [3.8, 4) is 0 Å². The van der Waals surface area contributed by atoms with Crippen molar-refractivity contribution in [3.05, 3.63) is 40.3 Å². The van der Waals surface area contributed by atoms with Gasteiger partial charge in [-0.15, -0.1) is 0 Å². The molecule has 3 N–H and O–H groups in total.